The minimum Gasteiger partial charge on any atom is -0.383 e. The van der Waals surface area contributed by atoms with Crippen LogP contribution in [0.25, 0.3) is 0 Å². The summed E-state index contributed by atoms with van der Waals surface area (Å²) in [6.45, 7) is 1.68. The fraction of sp³-hybridized carbons (Fsp3) is 0.786. The lowest BCUT2D eigenvalue weighted by molar-refractivity contribution is 0.191. The van der Waals surface area contributed by atoms with Gasteiger partial charge < -0.3 is 10.1 Å². The lowest BCUT2D eigenvalue weighted by Gasteiger charge is -2.26. The summed E-state index contributed by atoms with van der Waals surface area (Å²) in [5.41, 5.74) is 0. The van der Waals surface area contributed by atoms with Crippen molar-refractivity contribution >= 4 is 11.3 Å². The van der Waals surface area contributed by atoms with Gasteiger partial charge in [-0.1, -0.05) is 32.1 Å². The van der Waals surface area contributed by atoms with Crippen molar-refractivity contribution < 1.29 is 4.74 Å². The third-order valence-electron chi connectivity index (χ3n) is 3.74. The van der Waals surface area contributed by atoms with Crippen LogP contribution in [0.15, 0.2) is 11.6 Å². The van der Waals surface area contributed by atoms with Crippen molar-refractivity contribution in [1.29, 1.82) is 0 Å². The summed E-state index contributed by atoms with van der Waals surface area (Å²) >= 11 is 1.76. The maximum absolute atomic E-state index is 5.12. The van der Waals surface area contributed by atoms with Crippen LogP contribution in [0, 0.1) is 5.92 Å². The monoisotopic (exact) mass is 268 g/mol. The molecule has 2 rings (SSSR count). The van der Waals surface area contributed by atoms with Gasteiger partial charge in [0.1, 0.15) is 5.01 Å². The molecule has 1 atom stereocenters. The molecule has 1 aromatic heterocycles. The van der Waals surface area contributed by atoms with Crippen molar-refractivity contribution in [3.63, 3.8) is 0 Å². The molecule has 1 heterocycles. The number of nitrogens with one attached hydrogen (secondary N) is 1. The van der Waals surface area contributed by atoms with E-state index in [0.29, 0.717) is 6.04 Å². The molecule has 0 spiro atoms. The number of hydrogen-bond acceptors (Lipinski definition) is 4. The third-order valence-corrected chi connectivity index (χ3v) is 4.63. The molecule has 102 valence electrons. The van der Waals surface area contributed by atoms with Crippen molar-refractivity contribution in [3.05, 3.63) is 16.6 Å². The first-order valence-electron chi connectivity index (χ1n) is 7.02. The predicted octanol–water partition coefficient (Wildman–Crippen LogP) is 3.39. The molecule has 0 saturated heterocycles. The Morgan fingerprint density at radius 1 is 1.44 bits per heavy atom. The Bertz CT molecular complexity index is 310. The van der Waals surface area contributed by atoms with Crippen LogP contribution in [0.1, 0.15) is 49.6 Å². The van der Waals surface area contributed by atoms with Gasteiger partial charge in [0.2, 0.25) is 0 Å². The topological polar surface area (TPSA) is 34.1 Å². The van der Waals surface area contributed by atoms with Gasteiger partial charge in [0.05, 0.1) is 12.6 Å². The van der Waals surface area contributed by atoms with E-state index in [1.807, 2.05) is 6.20 Å². The number of nitrogens with zero attached hydrogens (tertiary/aromatic N) is 1. The Labute approximate surface area is 114 Å². The van der Waals surface area contributed by atoms with Crippen LogP contribution in [-0.2, 0) is 4.74 Å². The largest absolute Gasteiger partial charge is 0.383 e. The lowest BCUT2D eigenvalue weighted by atomic mass is 9.85. The van der Waals surface area contributed by atoms with Gasteiger partial charge in [-0.25, -0.2) is 4.98 Å². The van der Waals surface area contributed by atoms with E-state index >= 15 is 0 Å². The highest BCUT2D eigenvalue weighted by Crippen LogP contribution is 2.32. The van der Waals surface area contributed by atoms with Crippen LogP contribution >= 0.6 is 11.3 Å². The van der Waals surface area contributed by atoms with Gasteiger partial charge in [-0.2, -0.15) is 0 Å². The molecule has 1 N–H and O–H groups in total. The molecule has 0 amide bonds. The average Bonchev–Trinajstić information content (AvgIpc) is 2.93. The molecular weight excluding hydrogens is 244 g/mol. The van der Waals surface area contributed by atoms with Crippen molar-refractivity contribution in [3.8, 4) is 0 Å². The first kappa shape index (κ1) is 14.0. The van der Waals surface area contributed by atoms with Gasteiger partial charge in [-0.05, 0) is 12.3 Å². The summed E-state index contributed by atoms with van der Waals surface area (Å²) in [5.74, 6) is 0.877. The Kier molecular flexibility index (Phi) is 6.11. The van der Waals surface area contributed by atoms with E-state index in [4.69, 9.17) is 4.74 Å². The van der Waals surface area contributed by atoms with E-state index in [1.165, 1.54) is 43.5 Å². The summed E-state index contributed by atoms with van der Waals surface area (Å²) in [7, 11) is 1.75. The van der Waals surface area contributed by atoms with Crippen LogP contribution < -0.4 is 5.32 Å². The molecule has 1 aliphatic rings. The Balaban J connectivity index is 1.87. The van der Waals surface area contributed by atoms with E-state index in [-0.39, 0.29) is 0 Å². The normalized spacial score (nSPS) is 18.9. The van der Waals surface area contributed by atoms with Crippen LogP contribution in [0.5, 0.6) is 0 Å². The second kappa shape index (κ2) is 7.87. The highest BCUT2D eigenvalue weighted by molar-refractivity contribution is 7.09. The quantitative estimate of drug-likeness (QED) is 0.770. The molecule has 0 aliphatic heterocycles. The average molecular weight is 268 g/mol. The summed E-state index contributed by atoms with van der Waals surface area (Å²) < 4.78 is 5.12. The van der Waals surface area contributed by atoms with Crippen molar-refractivity contribution in [1.82, 2.24) is 10.3 Å². The van der Waals surface area contributed by atoms with Gasteiger partial charge in [-0.3, -0.25) is 0 Å². The standard InChI is InChI=1S/C14H24N2OS/c1-17-9-7-15-13(14-16-8-10-18-14)11-12-5-3-2-4-6-12/h8,10,12-13,15H,2-7,9,11H2,1H3. The zero-order chi connectivity index (χ0) is 12.6. The predicted molar refractivity (Wildman–Crippen MR) is 75.9 cm³/mol. The molecule has 1 unspecified atom stereocenters. The van der Waals surface area contributed by atoms with Crippen molar-refractivity contribution in [2.75, 3.05) is 20.3 Å². The van der Waals surface area contributed by atoms with Crippen LogP contribution in [0.3, 0.4) is 0 Å². The summed E-state index contributed by atoms with van der Waals surface area (Å²) in [6, 6.07) is 0.420. The van der Waals surface area contributed by atoms with E-state index in [0.717, 1.165) is 19.1 Å². The number of aromatic nitrogens is 1. The molecule has 1 aliphatic carbocycles. The second-order valence-corrected chi connectivity index (χ2v) is 6.04. The van der Waals surface area contributed by atoms with Gasteiger partial charge >= 0.3 is 0 Å². The fourth-order valence-corrected chi connectivity index (χ4v) is 3.50. The smallest absolute Gasteiger partial charge is 0.109 e. The molecule has 1 saturated carbocycles. The molecule has 0 radical (unpaired) electrons. The summed E-state index contributed by atoms with van der Waals surface area (Å²) in [6.07, 6.45) is 10.2. The molecule has 0 bridgehead atoms. The summed E-state index contributed by atoms with van der Waals surface area (Å²) in [5, 5.41) is 6.90. The minimum atomic E-state index is 0.420. The third kappa shape index (κ3) is 4.34. The van der Waals surface area contributed by atoms with Crippen LogP contribution in [0.2, 0.25) is 0 Å². The highest BCUT2D eigenvalue weighted by Gasteiger charge is 2.21. The van der Waals surface area contributed by atoms with E-state index in [1.54, 1.807) is 18.4 Å². The number of methoxy groups -OCH3 is 1. The molecule has 0 aromatic carbocycles. The molecular formula is C14H24N2OS. The number of thiazole rings is 1. The van der Waals surface area contributed by atoms with Crippen molar-refractivity contribution in [2.24, 2.45) is 5.92 Å². The Hall–Kier alpha value is -0.450. The number of rotatable bonds is 7. The number of hydrogen-bond donors (Lipinski definition) is 1. The maximum Gasteiger partial charge on any atom is 0.109 e. The number of ether oxygens (including phenoxy) is 1. The van der Waals surface area contributed by atoms with Crippen LogP contribution in [-0.4, -0.2) is 25.2 Å². The van der Waals surface area contributed by atoms with Crippen molar-refractivity contribution in [2.45, 2.75) is 44.6 Å². The maximum atomic E-state index is 5.12. The fourth-order valence-electron chi connectivity index (χ4n) is 2.77. The van der Waals surface area contributed by atoms with Gasteiger partial charge in [-0.15, -0.1) is 11.3 Å². The lowest BCUT2D eigenvalue weighted by Crippen LogP contribution is -2.27. The highest BCUT2D eigenvalue weighted by atomic mass is 32.1. The van der Waals surface area contributed by atoms with E-state index < -0.39 is 0 Å². The van der Waals surface area contributed by atoms with Gasteiger partial charge in [0.25, 0.3) is 0 Å². The SMILES string of the molecule is COCCNC(CC1CCCCC1)c1nccs1. The van der Waals surface area contributed by atoms with E-state index in [2.05, 4.69) is 15.7 Å². The summed E-state index contributed by atoms with van der Waals surface area (Å²) in [4.78, 5) is 4.48. The van der Waals surface area contributed by atoms with Gasteiger partial charge in [0, 0.05) is 25.2 Å². The van der Waals surface area contributed by atoms with Gasteiger partial charge in [0.15, 0.2) is 0 Å². The first-order valence-corrected chi connectivity index (χ1v) is 7.90. The molecule has 18 heavy (non-hydrogen) atoms. The van der Waals surface area contributed by atoms with Crippen LogP contribution in [0.4, 0.5) is 0 Å². The van der Waals surface area contributed by atoms with E-state index in [9.17, 15) is 0 Å². The molecule has 4 heteroatoms. The molecule has 3 nitrogen and oxygen atoms in total. The molecule has 1 aromatic rings. The molecule has 1 fully saturated rings. The zero-order valence-corrected chi connectivity index (χ0v) is 12.0. The zero-order valence-electron chi connectivity index (χ0n) is 11.2. The minimum absolute atomic E-state index is 0.420. The first-order chi connectivity index (χ1) is 8.90. The second-order valence-electron chi connectivity index (χ2n) is 5.11. The Morgan fingerprint density at radius 2 is 2.28 bits per heavy atom. The Morgan fingerprint density at radius 3 is 2.94 bits per heavy atom.